The highest BCUT2D eigenvalue weighted by Crippen LogP contribution is 2.41. The number of likely N-dealkylation sites (N-methyl/N-ethyl adjacent to an activating group) is 1. The van der Waals surface area contributed by atoms with Gasteiger partial charge in [0.15, 0.2) is 0 Å². The Morgan fingerprint density at radius 2 is 1.87 bits per heavy atom. The number of anilines is 2. The van der Waals surface area contributed by atoms with Crippen LogP contribution in [0.1, 0.15) is 40.6 Å². The van der Waals surface area contributed by atoms with Crippen LogP contribution in [-0.2, 0) is 6.42 Å². The minimum Gasteiger partial charge on any atom is -0.374 e. The summed E-state index contributed by atoms with van der Waals surface area (Å²) in [5.74, 6) is -2.40. The number of thiophene rings is 1. The first-order valence-electron chi connectivity index (χ1n) is 9.68. The number of fused-ring (bicyclic) bond motifs is 3. The van der Waals surface area contributed by atoms with Crippen LogP contribution in [-0.4, -0.2) is 19.5 Å². The topological polar surface area (TPSA) is 32.3 Å². The van der Waals surface area contributed by atoms with E-state index < -0.39 is 17.5 Å². The average Bonchev–Trinajstić information content (AvgIpc) is 3.07. The number of hydrogen-bond acceptors (Lipinski definition) is 3. The van der Waals surface area contributed by atoms with Gasteiger partial charge in [0.2, 0.25) is 0 Å². The van der Waals surface area contributed by atoms with Crippen LogP contribution in [0.2, 0.25) is 0 Å². The fraction of sp³-hybridized carbons (Fsp3) is 0.261. The second-order valence-corrected chi connectivity index (χ2v) is 8.81. The molecule has 4 rings (SSSR count). The summed E-state index contributed by atoms with van der Waals surface area (Å²) in [4.78, 5) is 16.3. The summed E-state index contributed by atoms with van der Waals surface area (Å²) in [6, 6.07) is 8.44. The molecule has 2 aromatic carbocycles. The quantitative estimate of drug-likeness (QED) is 0.537. The fourth-order valence-electron chi connectivity index (χ4n) is 3.73. The van der Waals surface area contributed by atoms with E-state index in [0.717, 1.165) is 27.8 Å². The van der Waals surface area contributed by atoms with Crippen molar-refractivity contribution in [2.45, 2.75) is 26.2 Å². The molecule has 7 heteroatoms. The third-order valence-corrected chi connectivity index (χ3v) is 6.52. The Labute approximate surface area is 177 Å². The van der Waals surface area contributed by atoms with Gasteiger partial charge in [-0.3, -0.25) is 4.79 Å². The van der Waals surface area contributed by atoms with E-state index in [1.54, 1.807) is 12.1 Å². The molecule has 0 unspecified atom stereocenters. The highest BCUT2D eigenvalue weighted by atomic mass is 32.1. The Balaban J connectivity index is 1.71. The Morgan fingerprint density at radius 1 is 1.10 bits per heavy atom. The Kier molecular flexibility index (Phi) is 5.32. The van der Waals surface area contributed by atoms with Crippen LogP contribution >= 0.6 is 11.3 Å². The van der Waals surface area contributed by atoms with E-state index in [4.69, 9.17) is 0 Å². The molecule has 0 atom stereocenters. The van der Waals surface area contributed by atoms with Gasteiger partial charge in [0, 0.05) is 35.8 Å². The molecular formula is C23H21F3N2OS. The molecule has 0 spiro atoms. The van der Waals surface area contributed by atoms with Crippen LogP contribution in [0.5, 0.6) is 0 Å². The van der Waals surface area contributed by atoms with Gasteiger partial charge in [0.1, 0.15) is 17.5 Å². The molecule has 0 radical (unpaired) electrons. The van der Waals surface area contributed by atoms with Crippen LogP contribution in [0.3, 0.4) is 0 Å². The predicted octanol–water partition coefficient (Wildman–Crippen LogP) is 6.20. The SMILES string of the molecule is CC(C)c1cc(F)cc(F)c1NC(=O)c1cc2c(s1)-c1ccc(F)cc1N(C)CC2. The van der Waals surface area contributed by atoms with Gasteiger partial charge in [-0.05, 0) is 53.8 Å². The summed E-state index contributed by atoms with van der Waals surface area (Å²) < 4.78 is 41.8. The molecular weight excluding hydrogens is 409 g/mol. The average molecular weight is 430 g/mol. The first-order valence-corrected chi connectivity index (χ1v) is 10.5. The number of carbonyl (C=O) groups is 1. The van der Waals surface area contributed by atoms with Crippen molar-refractivity contribution < 1.29 is 18.0 Å². The largest absolute Gasteiger partial charge is 0.374 e. The Morgan fingerprint density at radius 3 is 2.60 bits per heavy atom. The number of nitrogens with one attached hydrogen (secondary N) is 1. The van der Waals surface area contributed by atoms with Crippen molar-refractivity contribution in [3.8, 4) is 10.4 Å². The molecule has 1 amide bonds. The molecule has 0 saturated heterocycles. The van der Waals surface area contributed by atoms with E-state index in [1.807, 2.05) is 25.8 Å². The zero-order valence-electron chi connectivity index (χ0n) is 16.9. The predicted molar refractivity (Wildman–Crippen MR) is 115 cm³/mol. The molecule has 3 aromatic rings. The van der Waals surface area contributed by atoms with Crippen molar-refractivity contribution in [3.63, 3.8) is 0 Å². The second-order valence-electron chi connectivity index (χ2n) is 7.76. The Hall–Kier alpha value is -2.80. The lowest BCUT2D eigenvalue weighted by Gasteiger charge is -2.19. The van der Waals surface area contributed by atoms with Gasteiger partial charge in [-0.1, -0.05) is 13.8 Å². The second kappa shape index (κ2) is 7.80. The highest BCUT2D eigenvalue weighted by Gasteiger charge is 2.24. The molecule has 1 aliphatic heterocycles. The first-order chi connectivity index (χ1) is 14.2. The van der Waals surface area contributed by atoms with Gasteiger partial charge in [-0.2, -0.15) is 0 Å². The summed E-state index contributed by atoms with van der Waals surface area (Å²) in [7, 11) is 1.91. The molecule has 1 aromatic heterocycles. The number of nitrogens with zero attached hydrogens (tertiary/aromatic N) is 1. The van der Waals surface area contributed by atoms with E-state index in [-0.39, 0.29) is 17.4 Å². The van der Waals surface area contributed by atoms with Crippen molar-refractivity contribution >= 4 is 28.6 Å². The number of rotatable bonds is 3. The van der Waals surface area contributed by atoms with Crippen molar-refractivity contribution in [3.05, 3.63) is 69.9 Å². The lowest BCUT2D eigenvalue weighted by molar-refractivity contribution is 0.103. The minimum absolute atomic E-state index is 0.00204. The van der Waals surface area contributed by atoms with Gasteiger partial charge in [0.05, 0.1) is 10.6 Å². The van der Waals surface area contributed by atoms with Crippen LogP contribution in [0.15, 0.2) is 36.4 Å². The van der Waals surface area contributed by atoms with Gasteiger partial charge in [0.25, 0.3) is 5.91 Å². The summed E-state index contributed by atoms with van der Waals surface area (Å²) in [5, 5.41) is 2.63. The van der Waals surface area contributed by atoms with E-state index in [9.17, 15) is 18.0 Å². The maximum absolute atomic E-state index is 14.4. The van der Waals surface area contributed by atoms with E-state index in [1.165, 1.54) is 29.5 Å². The zero-order valence-corrected chi connectivity index (χ0v) is 17.7. The summed E-state index contributed by atoms with van der Waals surface area (Å²) >= 11 is 1.29. The fourth-order valence-corrected chi connectivity index (χ4v) is 4.87. The smallest absolute Gasteiger partial charge is 0.265 e. The molecule has 156 valence electrons. The molecule has 30 heavy (non-hydrogen) atoms. The lowest BCUT2D eigenvalue weighted by atomic mass is 10.0. The van der Waals surface area contributed by atoms with Crippen LogP contribution in [0.4, 0.5) is 24.5 Å². The maximum atomic E-state index is 14.4. The van der Waals surface area contributed by atoms with Crippen molar-refractivity contribution in [2.75, 3.05) is 23.8 Å². The lowest BCUT2D eigenvalue weighted by Crippen LogP contribution is -2.19. The van der Waals surface area contributed by atoms with E-state index in [0.29, 0.717) is 23.4 Å². The normalized spacial score (nSPS) is 13.1. The molecule has 0 saturated carbocycles. The molecule has 3 nitrogen and oxygen atoms in total. The van der Waals surface area contributed by atoms with Gasteiger partial charge in [-0.25, -0.2) is 13.2 Å². The molecule has 0 aliphatic carbocycles. The molecule has 0 bridgehead atoms. The summed E-state index contributed by atoms with van der Waals surface area (Å²) in [5.41, 5.74) is 3.04. The monoisotopic (exact) mass is 430 g/mol. The number of carbonyl (C=O) groups excluding carboxylic acids is 1. The highest BCUT2D eigenvalue weighted by molar-refractivity contribution is 7.17. The van der Waals surface area contributed by atoms with E-state index >= 15 is 0 Å². The standard InChI is InChI=1S/C23H21F3N2OS/c1-12(2)17-9-15(25)10-18(26)21(17)27-23(29)20-8-13-6-7-28(3)19-11-14(24)4-5-16(19)22(13)30-20/h4-5,8-12H,6-7H2,1-3H3,(H,27,29). The Bertz CT molecular complexity index is 1140. The number of amides is 1. The minimum atomic E-state index is -0.799. The third-order valence-electron chi connectivity index (χ3n) is 5.31. The first kappa shape index (κ1) is 20.5. The van der Waals surface area contributed by atoms with Gasteiger partial charge in [-0.15, -0.1) is 11.3 Å². The summed E-state index contributed by atoms with van der Waals surface area (Å²) in [6.07, 6.45) is 0.702. The number of hydrogen-bond donors (Lipinski definition) is 1. The number of benzene rings is 2. The van der Waals surface area contributed by atoms with Gasteiger partial charge >= 0.3 is 0 Å². The van der Waals surface area contributed by atoms with Gasteiger partial charge < -0.3 is 10.2 Å². The molecule has 0 fully saturated rings. The van der Waals surface area contributed by atoms with Crippen molar-refractivity contribution in [2.24, 2.45) is 0 Å². The third kappa shape index (κ3) is 3.69. The van der Waals surface area contributed by atoms with Crippen LogP contribution in [0.25, 0.3) is 10.4 Å². The zero-order chi connectivity index (χ0) is 21.6. The van der Waals surface area contributed by atoms with Crippen molar-refractivity contribution in [1.82, 2.24) is 0 Å². The van der Waals surface area contributed by atoms with Crippen LogP contribution < -0.4 is 10.2 Å². The number of halogens is 3. The molecule has 1 N–H and O–H groups in total. The molecule has 1 aliphatic rings. The van der Waals surface area contributed by atoms with E-state index in [2.05, 4.69) is 5.32 Å². The summed E-state index contributed by atoms with van der Waals surface area (Å²) in [6.45, 7) is 4.30. The van der Waals surface area contributed by atoms with Crippen LogP contribution in [0, 0.1) is 17.5 Å². The van der Waals surface area contributed by atoms with Crippen molar-refractivity contribution in [1.29, 1.82) is 0 Å². The molecule has 2 heterocycles. The maximum Gasteiger partial charge on any atom is 0.265 e.